The number of benzene rings is 1. The van der Waals surface area contributed by atoms with Crippen LogP contribution in [0.3, 0.4) is 0 Å². The molecule has 4 nitrogen and oxygen atoms in total. The van der Waals surface area contributed by atoms with E-state index in [0.29, 0.717) is 11.3 Å². The largest absolute Gasteiger partial charge is 0.384 e. The number of hydrogen-bond donors (Lipinski definition) is 2. The van der Waals surface area contributed by atoms with Crippen LogP contribution in [0, 0.1) is 18.8 Å². The Bertz CT molecular complexity index is 670. The van der Waals surface area contributed by atoms with Crippen molar-refractivity contribution in [2.24, 2.45) is 0 Å². The van der Waals surface area contributed by atoms with Crippen molar-refractivity contribution < 1.29 is 9.90 Å². The van der Waals surface area contributed by atoms with Gasteiger partial charge in [0, 0.05) is 23.6 Å². The first-order valence-corrected chi connectivity index (χ1v) is 6.12. The third kappa shape index (κ3) is 3.44. The van der Waals surface area contributed by atoms with E-state index in [2.05, 4.69) is 22.1 Å². The van der Waals surface area contributed by atoms with Crippen LogP contribution >= 0.6 is 0 Å². The average molecular weight is 266 g/mol. The van der Waals surface area contributed by atoms with Gasteiger partial charge in [0.2, 0.25) is 0 Å². The number of amides is 1. The second-order valence-corrected chi connectivity index (χ2v) is 4.19. The van der Waals surface area contributed by atoms with Crippen molar-refractivity contribution in [3.63, 3.8) is 0 Å². The highest BCUT2D eigenvalue weighted by Crippen LogP contribution is 2.17. The van der Waals surface area contributed by atoms with Gasteiger partial charge in [-0.3, -0.25) is 9.78 Å². The first kappa shape index (κ1) is 13.8. The van der Waals surface area contributed by atoms with E-state index in [-0.39, 0.29) is 12.5 Å². The number of hydrogen-bond acceptors (Lipinski definition) is 3. The molecule has 0 unspecified atom stereocenters. The number of aliphatic hydroxyl groups excluding tert-OH is 1. The summed E-state index contributed by atoms with van der Waals surface area (Å²) in [6, 6.07) is 8.92. The van der Waals surface area contributed by atoms with Crippen molar-refractivity contribution in [2.75, 3.05) is 11.9 Å². The molecule has 0 fully saturated rings. The van der Waals surface area contributed by atoms with Crippen molar-refractivity contribution >= 4 is 11.6 Å². The van der Waals surface area contributed by atoms with Gasteiger partial charge in [-0.15, -0.1) is 0 Å². The number of carbonyl (C=O) groups is 1. The molecule has 4 heteroatoms. The predicted molar refractivity (Wildman–Crippen MR) is 77.3 cm³/mol. The Morgan fingerprint density at radius 1 is 1.40 bits per heavy atom. The molecule has 0 radical (unpaired) electrons. The summed E-state index contributed by atoms with van der Waals surface area (Å²) in [7, 11) is 0. The number of aromatic nitrogens is 1. The minimum Gasteiger partial charge on any atom is -0.384 e. The average Bonchev–Trinajstić information content (AvgIpc) is 2.49. The van der Waals surface area contributed by atoms with E-state index in [1.54, 1.807) is 24.4 Å². The number of aryl methyl sites for hydroxylation is 1. The molecule has 0 spiro atoms. The van der Waals surface area contributed by atoms with Crippen LogP contribution < -0.4 is 5.32 Å². The van der Waals surface area contributed by atoms with Crippen molar-refractivity contribution in [1.82, 2.24) is 4.98 Å². The zero-order valence-corrected chi connectivity index (χ0v) is 11.1. The lowest BCUT2D eigenvalue weighted by Crippen LogP contribution is -2.13. The maximum Gasteiger partial charge on any atom is 0.257 e. The third-order valence-electron chi connectivity index (χ3n) is 2.72. The van der Waals surface area contributed by atoms with Crippen molar-refractivity contribution in [1.29, 1.82) is 0 Å². The van der Waals surface area contributed by atoms with Crippen LogP contribution in [-0.2, 0) is 0 Å². The van der Waals surface area contributed by atoms with Gasteiger partial charge in [-0.2, -0.15) is 0 Å². The number of pyridine rings is 1. The molecule has 2 N–H and O–H groups in total. The molecule has 0 aliphatic heterocycles. The van der Waals surface area contributed by atoms with Crippen LogP contribution in [-0.4, -0.2) is 22.6 Å². The summed E-state index contributed by atoms with van der Waals surface area (Å²) in [5, 5.41) is 11.5. The number of anilines is 1. The number of nitrogens with one attached hydrogen (secondary N) is 1. The van der Waals surface area contributed by atoms with Gasteiger partial charge >= 0.3 is 0 Å². The Morgan fingerprint density at radius 3 is 2.95 bits per heavy atom. The van der Waals surface area contributed by atoms with E-state index in [0.717, 1.165) is 11.1 Å². The van der Waals surface area contributed by atoms with E-state index in [9.17, 15) is 4.79 Å². The molecule has 1 heterocycles. The Hall–Kier alpha value is -2.64. The molecule has 0 aliphatic carbocycles. The molecular weight excluding hydrogens is 252 g/mol. The summed E-state index contributed by atoms with van der Waals surface area (Å²) in [5.74, 6) is 5.18. The topological polar surface area (TPSA) is 62.2 Å². The molecule has 0 saturated carbocycles. The molecule has 0 bridgehead atoms. The summed E-state index contributed by atoms with van der Waals surface area (Å²) in [5.41, 5.74) is 2.88. The van der Waals surface area contributed by atoms with Crippen LogP contribution in [0.1, 0.15) is 21.5 Å². The van der Waals surface area contributed by atoms with Crippen LogP contribution in [0.5, 0.6) is 0 Å². The van der Waals surface area contributed by atoms with Crippen molar-refractivity contribution in [3.05, 3.63) is 59.4 Å². The minimum absolute atomic E-state index is 0.189. The second-order valence-electron chi connectivity index (χ2n) is 4.19. The fraction of sp³-hybridized carbons (Fsp3) is 0.125. The molecule has 1 amide bonds. The lowest BCUT2D eigenvalue weighted by molar-refractivity contribution is 0.102. The van der Waals surface area contributed by atoms with Gasteiger partial charge < -0.3 is 10.4 Å². The lowest BCUT2D eigenvalue weighted by Gasteiger charge is -2.08. The molecule has 2 rings (SSSR count). The zero-order valence-electron chi connectivity index (χ0n) is 11.1. The van der Waals surface area contributed by atoms with E-state index < -0.39 is 0 Å². The molecule has 0 atom stereocenters. The predicted octanol–water partition coefficient (Wildman–Crippen LogP) is 1.99. The van der Waals surface area contributed by atoms with Gasteiger partial charge in [-0.25, -0.2) is 0 Å². The first-order valence-electron chi connectivity index (χ1n) is 6.12. The molecule has 0 aliphatic rings. The maximum atomic E-state index is 12.1. The monoisotopic (exact) mass is 266 g/mol. The van der Waals surface area contributed by atoms with Crippen LogP contribution in [0.2, 0.25) is 0 Å². The number of nitrogens with zero attached hydrogens (tertiary/aromatic N) is 1. The molecule has 20 heavy (non-hydrogen) atoms. The normalized spacial score (nSPS) is 9.50. The quantitative estimate of drug-likeness (QED) is 0.817. The minimum atomic E-state index is -0.214. The Labute approximate surface area is 117 Å². The first-order chi connectivity index (χ1) is 9.70. The van der Waals surface area contributed by atoms with Gasteiger partial charge in [0.25, 0.3) is 5.91 Å². The maximum absolute atomic E-state index is 12.1. The SMILES string of the molecule is Cc1ccc(C#CCO)cc1NC(=O)c1cccnc1. The molecular formula is C16H14N2O2. The Kier molecular flexibility index (Phi) is 4.48. The van der Waals surface area contributed by atoms with Gasteiger partial charge in [-0.1, -0.05) is 17.9 Å². The highest BCUT2D eigenvalue weighted by atomic mass is 16.2. The standard InChI is InChI=1S/C16H14N2O2/c1-12-6-7-13(4-3-9-19)10-15(12)18-16(20)14-5-2-8-17-11-14/h2,5-8,10-11,19H,9H2,1H3,(H,18,20). The molecule has 2 aromatic rings. The summed E-state index contributed by atoms with van der Waals surface area (Å²) in [6.07, 6.45) is 3.13. The van der Waals surface area contributed by atoms with Crippen molar-refractivity contribution in [3.8, 4) is 11.8 Å². The molecule has 100 valence electrons. The highest BCUT2D eigenvalue weighted by molar-refractivity contribution is 6.04. The van der Waals surface area contributed by atoms with Gasteiger partial charge in [0.05, 0.1) is 5.56 Å². The smallest absolute Gasteiger partial charge is 0.257 e. The van der Waals surface area contributed by atoms with Crippen LogP contribution in [0.25, 0.3) is 0 Å². The Balaban J connectivity index is 2.22. The third-order valence-corrected chi connectivity index (χ3v) is 2.72. The summed E-state index contributed by atoms with van der Waals surface area (Å²) >= 11 is 0. The molecule has 1 aromatic carbocycles. The van der Waals surface area contributed by atoms with Gasteiger partial charge in [0.15, 0.2) is 0 Å². The van der Waals surface area contributed by atoms with Gasteiger partial charge in [0.1, 0.15) is 6.61 Å². The lowest BCUT2D eigenvalue weighted by atomic mass is 10.1. The van der Waals surface area contributed by atoms with E-state index in [1.165, 1.54) is 6.20 Å². The van der Waals surface area contributed by atoms with Crippen molar-refractivity contribution in [2.45, 2.75) is 6.92 Å². The van der Waals surface area contributed by atoms with Crippen LogP contribution in [0.4, 0.5) is 5.69 Å². The summed E-state index contributed by atoms with van der Waals surface area (Å²) in [4.78, 5) is 16.0. The van der Waals surface area contributed by atoms with E-state index >= 15 is 0 Å². The fourth-order valence-corrected chi connectivity index (χ4v) is 1.67. The van der Waals surface area contributed by atoms with E-state index in [1.807, 2.05) is 19.1 Å². The molecule has 0 saturated heterocycles. The Morgan fingerprint density at radius 2 is 2.25 bits per heavy atom. The molecule has 1 aromatic heterocycles. The fourth-order valence-electron chi connectivity index (χ4n) is 1.67. The van der Waals surface area contributed by atoms with E-state index in [4.69, 9.17) is 5.11 Å². The second kappa shape index (κ2) is 6.50. The van der Waals surface area contributed by atoms with Gasteiger partial charge in [-0.05, 0) is 36.8 Å². The summed E-state index contributed by atoms with van der Waals surface area (Å²) in [6.45, 7) is 1.72. The summed E-state index contributed by atoms with van der Waals surface area (Å²) < 4.78 is 0. The number of aliphatic hydroxyl groups is 1. The van der Waals surface area contributed by atoms with Crippen LogP contribution in [0.15, 0.2) is 42.7 Å². The highest BCUT2D eigenvalue weighted by Gasteiger charge is 2.07. The number of carbonyl (C=O) groups excluding carboxylic acids is 1. The zero-order chi connectivity index (χ0) is 14.4. The number of rotatable bonds is 2.